The van der Waals surface area contributed by atoms with Crippen molar-refractivity contribution in [1.29, 1.82) is 0 Å². The van der Waals surface area contributed by atoms with E-state index in [1.165, 1.54) is 38.5 Å². The first-order chi connectivity index (χ1) is 15.1. The number of para-hydroxylation sites is 1. The molecule has 6 heteroatoms. The van der Waals surface area contributed by atoms with Gasteiger partial charge in [0, 0.05) is 13.0 Å². The van der Waals surface area contributed by atoms with E-state index in [9.17, 15) is 9.90 Å². The molecule has 1 aromatic carbocycles. The van der Waals surface area contributed by atoms with Gasteiger partial charge in [-0.05, 0) is 25.5 Å². The fraction of sp³-hybridized carbons (Fsp3) is 0.720. The summed E-state index contributed by atoms with van der Waals surface area (Å²) in [4.78, 5) is 12.2. The van der Waals surface area contributed by atoms with Gasteiger partial charge in [-0.15, -0.1) is 0 Å². The number of hydrogen-bond acceptors (Lipinski definition) is 5. The van der Waals surface area contributed by atoms with Gasteiger partial charge in [0.25, 0.3) is 0 Å². The van der Waals surface area contributed by atoms with Crippen molar-refractivity contribution in [2.24, 2.45) is 0 Å². The highest BCUT2D eigenvalue weighted by Gasteiger charge is 2.42. The van der Waals surface area contributed by atoms with E-state index in [1.54, 1.807) is 12.1 Å². The molecular weight excluding hydrogens is 396 g/mol. The minimum absolute atomic E-state index is 0.142. The molecule has 0 aliphatic heterocycles. The SMILES string of the molecule is CCCCCCCCCCCC(OCCOCCOCC)(Oc1ccccc1)C(=O)O. The Bertz CT molecular complexity index is 550. The highest BCUT2D eigenvalue weighted by Crippen LogP contribution is 2.26. The maximum absolute atomic E-state index is 12.2. The average Bonchev–Trinajstić information content (AvgIpc) is 2.77. The van der Waals surface area contributed by atoms with Crippen LogP contribution in [-0.2, 0) is 19.0 Å². The molecule has 31 heavy (non-hydrogen) atoms. The third kappa shape index (κ3) is 12.7. The number of carboxylic acid groups (broad SMARTS) is 1. The van der Waals surface area contributed by atoms with Crippen LogP contribution in [0.1, 0.15) is 78.1 Å². The van der Waals surface area contributed by atoms with E-state index in [0.717, 1.165) is 19.3 Å². The summed E-state index contributed by atoms with van der Waals surface area (Å²) in [5.41, 5.74) is 0. The highest BCUT2D eigenvalue weighted by atomic mass is 16.7. The quantitative estimate of drug-likeness (QED) is 0.192. The van der Waals surface area contributed by atoms with Crippen molar-refractivity contribution in [3.63, 3.8) is 0 Å². The van der Waals surface area contributed by atoms with Crippen LogP contribution in [-0.4, -0.2) is 49.9 Å². The van der Waals surface area contributed by atoms with E-state index >= 15 is 0 Å². The smallest absolute Gasteiger partial charge is 0.377 e. The number of rotatable bonds is 21. The maximum atomic E-state index is 12.2. The van der Waals surface area contributed by atoms with Crippen LogP contribution < -0.4 is 4.74 Å². The van der Waals surface area contributed by atoms with Gasteiger partial charge in [-0.2, -0.15) is 0 Å². The van der Waals surface area contributed by atoms with Crippen molar-refractivity contribution in [2.45, 2.75) is 83.8 Å². The molecule has 0 heterocycles. The molecule has 0 aromatic heterocycles. The summed E-state index contributed by atoms with van der Waals surface area (Å²) >= 11 is 0. The molecule has 1 atom stereocenters. The number of carboxylic acids is 1. The van der Waals surface area contributed by atoms with E-state index in [2.05, 4.69) is 6.92 Å². The third-order valence-corrected chi connectivity index (χ3v) is 5.10. The van der Waals surface area contributed by atoms with Gasteiger partial charge in [0.2, 0.25) is 0 Å². The zero-order chi connectivity index (χ0) is 22.6. The molecule has 1 unspecified atom stereocenters. The van der Waals surface area contributed by atoms with Gasteiger partial charge in [-0.3, -0.25) is 0 Å². The molecule has 1 rings (SSSR count). The van der Waals surface area contributed by atoms with Gasteiger partial charge < -0.3 is 24.1 Å². The van der Waals surface area contributed by atoms with Gasteiger partial charge >= 0.3 is 11.8 Å². The van der Waals surface area contributed by atoms with Crippen LogP contribution in [0.3, 0.4) is 0 Å². The second-order valence-electron chi connectivity index (χ2n) is 7.71. The lowest BCUT2D eigenvalue weighted by molar-refractivity contribution is -0.218. The van der Waals surface area contributed by atoms with Crippen LogP contribution in [0.4, 0.5) is 0 Å². The van der Waals surface area contributed by atoms with Crippen LogP contribution in [0.15, 0.2) is 30.3 Å². The number of hydrogen-bond donors (Lipinski definition) is 1. The molecular formula is C25H42O6. The van der Waals surface area contributed by atoms with E-state index in [-0.39, 0.29) is 13.2 Å². The van der Waals surface area contributed by atoms with Crippen molar-refractivity contribution < 1.29 is 28.8 Å². The predicted molar refractivity (Wildman–Crippen MR) is 123 cm³/mol. The summed E-state index contributed by atoms with van der Waals surface area (Å²) in [7, 11) is 0. The Morgan fingerprint density at radius 3 is 2.00 bits per heavy atom. The predicted octanol–water partition coefficient (Wildman–Crippen LogP) is 5.84. The molecule has 1 N–H and O–H groups in total. The minimum Gasteiger partial charge on any atom is -0.476 e. The Morgan fingerprint density at radius 2 is 1.39 bits per heavy atom. The lowest BCUT2D eigenvalue weighted by Gasteiger charge is -2.30. The Morgan fingerprint density at radius 1 is 0.806 bits per heavy atom. The normalized spacial score (nSPS) is 13.1. The van der Waals surface area contributed by atoms with Crippen LogP contribution >= 0.6 is 0 Å². The van der Waals surface area contributed by atoms with Crippen molar-refractivity contribution >= 4 is 5.97 Å². The van der Waals surface area contributed by atoms with Crippen LogP contribution in [0.2, 0.25) is 0 Å². The number of benzene rings is 1. The van der Waals surface area contributed by atoms with E-state index in [4.69, 9.17) is 18.9 Å². The summed E-state index contributed by atoms with van der Waals surface area (Å²) in [6, 6.07) is 8.99. The van der Waals surface area contributed by atoms with Crippen molar-refractivity contribution in [1.82, 2.24) is 0 Å². The third-order valence-electron chi connectivity index (χ3n) is 5.10. The second kappa shape index (κ2) is 18.0. The van der Waals surface area contributed by atoms with Crippen LogP contribution in [0.5, 0.6) is 5.75 Å². The minimum atomic E-state index is -1.70. The number of aliphatic carboxylic acids is 1. The maximum Gasteiger partial charge on any atom is 0.377 e. The fourth-order valence-electron chi connectivity index (χ4n) is 3.34. The summed E-state index contributed by atoms with van der Waals surface area (Å²) < 4.78 is 22.4. The van der Waals surface area contributed by atoms with Gasteiger partial charge in [0.05, 0.1) is 26.4 Å². The van der Waals surface area contributed by atoms with Gasteiger partial charge in [-0.25, -0.2) is 4.79 Å². The topological polar surface area (TPSA) is 74.2 Å². The van der Waals surface area contributed by atoms with Gasteiger partial charge in [-0.1, -0.05) is 76.5 Å². The van der Waals surface area contributed by atoms with Gasteiger partial charge in [0.15, 0.2) is 0 Å². The molecule has 0 amide bonds. The van der Waals surface area contributed by atoms with Crippen LogP contribution in [0.25, 0.3) is 0 Å². The lowest BCUT2D eigenvalue weighted by atomic mass is 10.0. The zero-order valence-corrected chi connectivity index (χ0v) is 19.5. The Kier molecular flexibility index (Phi) is 15.9. The highest BCUT2D eigenvalue weighted by molar-refractivity contribution is 5.76. The molecule has 1 aromatic rings. The average molecular weight is 439 g/mol. The molecule has 6 nitrogen and oxygen atoms in total. The summed E-state index contributed by atoms with van der Waals surface area (Å²) in [5.74, 6) is -2.32. The molecule has 0 aliphatic rings. The summed E-state index contributed by atoms with van der Waals surface area (Å²) in [6.07, 6.45) is 10.7. The molecule has 178 valence electrons. The number of ether oxygens (including phenoxy) is 4. The summed E-state index contributed by atoms with van der Waals surface area (Å²) in [5, 5.41) is 9.97. The van der Waals surface area contributed by atoms with E-state index < -0.39 is 11.8 Å². The molecule has 0 aliphatic carbocycles. The molecule has 0 fully saturated rings. The lowest BCUT2D eigenvalue weighted by Crippen LogP contribution is -2.48. The first-order valence-corrected chi connectivity index (χ1v) is 11.9. The first-order valence-electron chi connectivity index (χ1n) is 11.9. The fourth-order valence-corrected chi connectivity index (χ4v) is 3.34. The van der Waals surface area contributed by atoms with E-state index in [1.807, 2.05) is 25.1 Å². The molecule has 0 radical (unpaired) electrons. The standard InChI is InChI=1S/C25H42O6/c1-3-5-6-7-8-9-10-11-15-18-25(24(26)27,31-23-16-13-12-14-17-23)30-22-21-29-20-19-28-4-2/h12-14,16-17H,3-11,15,18-22H2,1-2H3,(H,26,27). The Balaban J connectivity index is 2.50. The molecule has 0 spiro atoms. The zero-order valence-electron chi connectivity index (χ0n) is 19.5. The van der Waals surface area contributed by atoms with E-state index in [0.29, 0.717) is 32.0 Å². The van der Waals surface area contributed by atoms with Gasteiger partial charge in [0.1, 0.15) is 5.75 Å². The number of carbonyl (C=O) groups is 1. The second-order valence-corrected chi connectivity index (χ2v) is 7.71. The van der Waals surface area contributed by atoms with Crippen molar-refractivity contribution in [3.8, 4) is 5.75 Å². The largest absolute Gasteiger partial charge is 0.476 e. The van der Waals surface area contributed by atoms with Crippen molar-refractivity contribution in [3.05, 3.63) is 30.3 Å². The first kappa shape index (κ1) is 27.4. The summed E-state index contributed by atoms with van der Waals surface area (Å²) in [6.45, 7) is 6.19. The molecule has 0 saturated heterocycles. The van der Waals surface area contributed by atoms with Crippen molar-refractivity contribution in [2.75, 3.05) is 33.0 Å². The molecule has 0 bridgehead atoms. The Labute approximate surface area is 188 Å². The van der Waals surface area contributed by atoms with Crippen LogP contribution in [0, 0.1) is 0 Å². The Hall–Kier alpha value is -1.63. The monoisotopic (exact) mass is 438 g/mol. The molecule has 0 saturated carbocycles. The number of unbranched alkanes of at least 4 members (excludes halogenated alkanes) is 8.